The lowest BCUT2D eigenvalue weighted by molar-refractivity contribution is 0.311. The van der Waals surface area contributed by atoms with Crippen LogP contribution in [0.4, 0.5) is 5.82 Å². The molecule has 2 aromatic heterocycles. The van der Waals surface area contributed by atoms with E-state index >= 15 is 0 Å². The summed E-state index contributed by atoms with van der Waals surface area (Å²) in [6, 6.07) is 10.6. The molecule has 1 saturated heterocycles. The molecule has 6 nitrogen and oxygen atoms in total. The second kappa shape index (κ2) is 6.20. The molecule has 0 saturated carbocycles. The van der Waals surface area contributed by atoms with Crippen molar-refractivity contribution in [2.24, 2.45) is 0 Å². The zero-order valence-corrected chi connectivity index (χ0v) is 14.2. The average Bonchev–Trinajstić information content (AvgIpc) is 3.05. The van der Waals surface area contributed by atoms with Crippen LogP contribution < -0.4 is 4.90 Å². The van der Waals surface area contributed by atoms with Crippen LogP contribution in [-0.4, -0.2) is 57.7 Å². The van der Waals surface area contributed by atoms with Gasteiger partial charge in [-0.3, -0.25) is 0 Å². The molecular formula is C18H22N6. The molecule has 24 heavy (non-hydrogen) atoms. The van der Waals surface area contributed by atoms with Crippen LogP contribution in [0.2, 0.25) is 0 Å². The Kier molecular flexibility index (Phi) is 3.90. The second-order valence-electron chi connectivity index (χ2n) is 6.42. The van der Waals surface area contributed by atoms with Gasteiger partial charge in [-0.05, 0) is 19.5 Å². The topological polar surface area (TPSA) is 49.6 Å². The van der Waals surface area contributed by atoms with E-state index in [0.717, 1.165) is 44.1 Å². The van der Waals surface area contributed by atoms with Gasteiger partial charge in [0.25, 0.3) is 5.78 Å². The molecule has 1 aromatic carbocycles. The Morgan fingerprint density at radius 1 is 1.04 bits per heavy atom. The largest absolute Gasteiger partial charge is 0.354 e. The fourth-order valence-corrected chi connectivity index (χ4v) is 3.32. The van der Waals surface area contributed by atoms with Crippen LogP contribution in [0.3, 0.4) is 0 Å². The number of hydrogen-bond donors (Lipinski definition) is 0. The van der Waals surface area contributed by atoms with Crippen molar-refractivity contribution in [2.75, 3.05) is 38.1 Å². The van der Waals surface area contributed by atoms with E-state index in [0.29, 0.717) is 5.78 Å². The maximum absolute atomic E-state index is 4.65. The minimum Gasteiger partial charge on any atom is -0.354 e. The molecule has 0 bridgehead atoms. The Morgan fingerprint density at radius 2 is 1.79 bits per heavy atom. The van der Waals surface area contributed by atoms with Gasteiger partial charge in [0.15, 0.2) is 0 Å². The molecule has 0 spiro atoms. The summed E-state index contributed by atoms with van der Waals surface area (Å²) in [6.07, 6.45) is 2.45. The van der Waals surface area contributed by atoms with Gasteiger partial charge in [-0.25, -0.2) is 4.98 Å². The lowest BCUT2D eigenvalue weighted by Gasteiger charge is -2.35. The fraction of sp³-hybridized carbons (Fsp3) is 0.389. The minimum atomic E-state index is 0.679. The molecule has 0 unspecified atom stereocenters. The van der Waals surface area contributed by atoms with Gasteiger partial charge in [-0.2, -0.15) is 14.6 Å². The molecule has 3 aromatic rings. The first kappa shape index (κ1) is 15.1. The van der Waals surface area contributed by atoms with Crippen LogP contribution in [-0.2, 0) is 6.42 Å². The van der Waals surface area contributed by atoms with Gasteiger partial charge in [0, 0.05) is 43.9 Å². The summed E-state index contributed by atoms with van der Waals surface area (Å²) >= 11 is 0. The number of aromatic nitrogens is 4. The van der Waals surface area contributed by atoms with Crippen molar-refractivity contribution in [3.8, 4) is 0 Å². The Balaban J connectivity index is 1.82. The summed E-state index contributed by atoms with van der Waals surface area (Å²) in [4.78, 5) is 13.7. The molecule has 0 aliphatic carbocycles. The molecule has 124 valence electrons. The molecule has 1 fully saturated rings. The molecule has 0 radical (unpaired) electrons. The van der Waals surface area contributed by atoms with Gasteiger partial charge in [0.2, 0.25) is 0 Å². The highest BCUT2D eigenvalue weighted by atomic mass is 15.4. The predicted octanol–water partition coefficient (Wildman–Crippen LogP) is 1.78. The van der Waals surface area contributed by atoms with E-state index in [1.807, 2.05) is 4.52 Å². The lowest BCUT2D eigenvalue weighted by atomic mass is 10.0. The quantitative estimate of drug-likeness (QED) is 0.736. The first-order valence-corrected chi connectivity index (χ1v) is 8.39. The van der Waals surface area contributed by atoms with Crippen LogP contribution in [0.15, 0.2) is 36.7 Å². The van der Waals surface area contributed by atoms with Crippen molar-refractivity contribution < 1.29 is 0 Å². The van der Waals surface area contributed by atoms with Gasteiger partial charge < -0.3 is 9.80 Å². The van der Waals surface area contributed by atoms with Crippen LogP contribution in [0, 0.1) is 6.92 Å². The van der Waals surface area contributed by atoms with Gasteiger partial charge >= 0.3 is 0 Å². The monoisotopic (exact) mass is 322 g/mol. The zero-order valence-electron chi connectivity index (χ0n) is 14.2. The van der Waals surface area contributed by atoms with E-state index in [2.05, 4.69) is 69.2 Å². The molecule has 1 aliphatic heterocycles. The number of aryl methyl sites for hydroxylation is 1. The fourth-order valence-electron chi connectivity index (χ4n) is 3.32. The van der Waals surface area contributed by atoms with E-state index in [9.17, 15) is 0 Å². The number of rotatable bonds is 3. The molecule has 0 atom stereocenters. The summed E-state index contributed by atoms with van der Waals surface area (Å²) in [5.74, 6) is 1.82. The first-order chi connectivity index (χ1) is 11.7. The van der Waals surface area contributed by atoms with Crippen LogP contribution >= 0.6 is 0 Å². The number of hydrogen-bond acceptors (Lipinski definition) is 5. The minimum absolute atomic E-state index is 0.679. The van der Waals surface area contributed by atoms with E-state index in [4.69, 9.17) is 0 Å². The third-order valence-electron chi connectivity index (χ3n) is 4.73. The van der Waals surface area contributed by atoms with Crippen molar-refractivity contribution in [2.45, 2.75) is 13.3 Å². The molecule has 6 heteroatoms. The number of piperazine rings is 1. The van der Waals surface area contributed by atoms with Crippen LogP contribution in [0.5, 0.6) is 0 Å². The molecule has 0 amide bonds. The van der Waals surface area contributed by atoms with E-state index < -0.39 is 0 Å². The molecule has 3 heterocycles. The number of fused-ring (bicyclic) bond motifs is 1. The Labute approximate surface area is 141 Å². The summed E-state index contributed by atoms with van der Waals surface area (Å²) < 4.78 is 1.90. The van der Waals surface area contributed by atoms with Crippen molar-refractivity contribution in [1.29, 1.82) is 0 Å². The first-order valence-electron chi connectivity index (χ1n) is 8.39. The highest BCUT2D eigenvalue weighted by Gasteiger charge is 2.23. The average molecular weight is 322 g/mol. The van der Waals surface area contributed by atoms with Gasteiger partial charge in [-0.15, -0.1) is 0 Å². The van der Waals surface area contributed by atoms with Crippen molar-refractivity contribution in [3.05, 3.63) is 53.5 Å². The third kappa shape index (κ3) is 2.73. The summed E-state index contributed by atoms with van der Waals surface area (Å²) in [5.41, 5.74) is 3.56. The maximum Gasteiger partial charge on any atom is 0.254 e. The van der Waals surface area contributed by atoms with Gasteiger partial charge in [0.05, 0.1) is 0 Å². The van der Waals surface area contributed by atoms with Gasteiger partial charge in [0.1, 0.15) is 12.1 Å². The summed E-state index contributed by atoms with van der Waals surface area (Å²) in [6.45, 7) is 6.19. The number of nitrogens with zero attached hydrogens (tertiary/aromatic N) is 6. The zero-order chi connectivity index (χ0) is 16.5. The number of benzene rings is 1. The smallest absolute Gasteiger partial charge is 0.254 e. The van der Waals surface area contributed by atoms with Crippen LogP contribution in [0.25, 0.3) is 5.78 Å². The van der Waals surface area contributed by atoms with Crippen LogP contribution in [0.1, 0.15) is 16.8 Å². The Bertz CT molecular complexity index is 833. The lowest BCUT2D eigenvalue weighted by Crippen LogP contribution is -2.45. The summed E-state index contributed by atoms with van der Waals surface area (Å²) in [5, 5.41) is 4.44. The van der Waals surface area contributed by atoms with Crippen molar-refractivity contribution >= 4 is 11.6 Å². The highest BCUT2D eigenvalue weighted by Crippen LogP contribution is 2.26. The number of anilines is 1. The molecule has 0 N–H and O–H groups in total. The van der Waals surface area contributed by atoms with Gasteiger partial charge in [-0.1, -0.05) is 30.3 Å². The van der Waals surface area contributed by atoms with E-state index in [1.54, 1.807) is 6.33 Å². The maximum atomic E-state index is 4.65. The normalized spacial score (nSPS) is 16.0. The standard InChI is InChI=1S/C18H22N6/c1-14-16(12-15-6-4-3-5-7-15)17(23-10-8-22(2)9-11-23)24-18(21-14)19-13-20-24/h3-7,13H,8-12H2,1-2H3. The highest BCUT2D eigenvalue weighted by molar-refractivity contribution is 5.56. The van der Waals surface area contributed by atoms with Crippen molar-refractivity contribution in [3.63, 3.8) is 0 Å². The summed E-state index contributed by atoms with van der Waals surface area (Å²) in [7, 11) is 2.17. The van der Waals surface area contributed by atoms with E-state index in [-0.39, 0.29) is 0 Å². The predicted molar refractivity (Wildman–Crippen MR) is 94.5 cm³/mol. The van der Waals surface area contributed by atoms with Crippen molar-refractivity contribution in [1.82, 2.24) is 24.5 Å². The van der Waals surface area contributed by atoms with E-state index in [1.165, 1.54) is 11.1 Å². The third-order valence-corrected chi connectivity index (χ3v) is 4.73. The Morgan fingerprint density at radius 3 is 2.54 bits per heavy atom. The Hall–Kier alpha value is -2.47. The second-order valence-corrected chi connectivity index (χ2v) is 6.42. The SMILES string of the molecule is Cc1nc2ncnn2c(N2CCN(C)CC2)c1Cc1ccccc1. The molecule has 1 aliphatic rings. The number of likely N-dealkylation sites (N-methyl/N-ethyl adjacent to an activating group) is 1. The molecular weight excluding hydrogens is 300 g/mol. The molecule has 4 rings (SSSR count).